The predicted molar refractivity (Wildman–Crippen MR) is 138 cm³/mol. The van der Waals surface area contributed by atoms with Crippen molar-refractivity contribution in [3.05, 3.63) is 25.3 Å². The summed E-state index contributed by atoms with van der Waals surface area (Å²) >= 11 is 0. The third-order valence-corrected chi connectivity index (χ3v) is 4.22. The van der Waals surface area contributed by atoms with Crippen molar-refractivity contribution >= 4 is 29.5 Å². The van der Waals surface area contributed by atoms with Crippen molar-refractivity contribution in [1.29, 1.82) is 0 Å². The molecule has 0 aromatic rings. The Morgan fingerprint density at radius 1 is 0.711 bits per heavy atom. The van der Waals surface area contributed by atoms with E-state index in [1.165, 1.54) is 0 Å². The number of carbonyl (C=O) groups excluding carboxylic acids is 5. The molecule has 0 aliphatic rings. The molecule has 212 valence electrons. The molecule has 0 rings (SSSR count). The summed E-state index contributed by atoms with van der Waals surface area (Å²) in [5.74, 6) is -0.455. The van der Waals surface area contributed by atoms with E-state index in [0.717, 1.165) is 0 Å². The largest absolute Gasteiger partial charge is 0.444 e. The minimum atomic E-state index is -0.550. The van der Waals surface area contributed by atoms with E-state index in [2.05, 4.69) is 35.9 Å². The van der Waals surface area contributed by atoms with E-state index in [-0.39, 0.29) is 95.2 Å². The van der Waals surface area contributed by atoms with E-state index in [1.807, 2.05) is 0 Å². The number of Topliss-reactive ketones (excluding diaryl/α,β-unsaturated/α-hetero) is 3. The van der Waals surface area contributed by atoms with Gasteiger partial charge in [0.1, 0.15) is 17.0 Å². The van der Waals surface area contributed by atoms with Crippen LogP contribution in [0.2, 0.25) is 0 Å². The molecule has 2 radical (unpaired) electrons. The number of amides is 2. The smallest absolute Gasteiger partial charge is 0.407 e. The van der Waals surface area contributed by atoms with Crippen LogP contribution in [0, 0.1) is 18.1 Å². The van der Waals surface area contributed by atoms with Crippen molar-refractivity contribution in [2.75, 3.05) is 13.1 Å². The van der Waals surface area contributed by atoms with Crippen LogP contribution in [0.4, 0.5) is 9.59 Å². The fraction of sp³-hybridized carbons (Fsp3) is 0.667. The second-order valence-electron chi connectivity index (χ2n) is 10.2. The molecular formula is C27H44N2O7Y2-2. The summed E-state index contributed by atoms with van der Waals surface area (Å²) in [6, 6.07) is 0. The molecule has 0 aliphatic carbocycles. The van der Waals surface area contributed by atoms with Crippen LogP contribution in [0.25, 0.3) is 0 Å². The van der Waals surface area contributed by atoms with Crippen LogP contribution in [0.5, 0.6) is 0 Å². The quantitative estimate of drug-likeness (QED) is 0.154. The molecule has 2 N–H and O–H groups in total. The van der Waals surface area contributed by atoms with Crippen molar-refractivity contribution in [3.63, 3.8) is 0 Å². The Bertz CT molecular complexity index is 758. The number of alkyl carbamates (subject to hydrolysis) is 2. The summed E-state index contributed by atoms with van der Waals surface area (Å²) in [6.45, 7) is 19.7. The van der Waals surface area contributed by atoms with Crippen LogP contribution in [-0.4, -0.2) is 53.8 Å². The van der Waals surface area contributed by atoms with Gasteiger partial charge in [0.15, 0.2) is 0 Å². The van der Waals surface area contributed by atoms with Gasteiger partial charge in [0.25, 0.3) is 0 Å². The van der Waals surface area contributed by atoms with Crippen LogP contribution >= 0.6 is 0 Å². The van der Waals surface area contributed by atoms with Gasteiger partial charge in [-0.05, 0) is 85.2 Å². The van der Waals surface area contributed by atoms with Gasteiger partial charge in [-0.25, -0.2) is 9.59 Å². The van der Waals surface area contributed by atoms with Crippen molar-refractivity contribution in [2.24, 2.45) is 5.92 Å². The van der Waals surface area contributed by atoms with Crippen LogP contribution in [0.1, 0.15) is 87.0 Å². The van der Waals surface area contributed by atoms with Gasteiger partial charge in [-0.2, -0.15) is 0 Å². The molecule has 0 saturated heterocycles. The first-order valence-corrected chi connectivity index (χ1v) is 12.1. The summed E-state index contributed by atoms with van der Waals surface area (Å²) in [5, 5.41) is 5.14. The molecule has 11 heteroatoms. The van der Waals surface area contributed by atoms with Crippen molar-refractivity contribution < 1.29 is 98.9 Å². The number of ether oxygens (including phenoxy) is 2. The monoisotopic (exact) mass is 686 g/mol. The Morgan fingerprint density at radius 2 is 1.11 bits per heavy atom. The molecule has 0 spiro atoms. The van der Waals surface area contributed by atoms with Gasteiger partial charge in [-0.1, -0.05) is 6.92 Å². The Hall–Kier alpha value is -0.762. The van der Waals surface area contributed by atoms with Crippen LogP contribution in [-0.2, 0) is 89.3 Å². The van der Waals surface area contributed by atoms with Crippen LogP contribution < -0.4 is 10.6 Å². The summed E-state index contributed by atoms with van der Waals surface area (Å²) in [4.78, 5) is 56.2. The fourth-order valence-electron chi connectivity index (χ4n) is 2.43. The van der Waals surface area contributed by atoms with Gasteiger partial charge in [0.05, 0.1) is 0 Å². The number of nitrogens with one attached hydrogen (secondary N) is 2. The zero-order chi connectivity index (χ0) is 28.4. The van der Waals surface area contributed by atoms with E-state index >= 15 is 0 Å². The Labute approximate surface area is 279 Å². The Kier molecular flexibility index (Phi) is 28.0. The molecule has 0 fully saturated rings. The molecule has 0 heterocycles. The van der Waals surface area contributed by atoms with E-state index < -0.39 is 23.4 Å². The second kappa shape index (κ2) is 24.1. The molecule has 2 amide bonds. The van der Waals surface area contributed by atoms with Crippen LogP contribution in [0.3, 0.4) is 0 Å². The summed E-state index contributed by atoms with van der Waals surface area (Å²) in [5.41, 5.74) is -1.04. The standard InChI is InChI=1S/C16H26NO4.C11H18NO3.2Y/c1-6-13(18)9-7-8-10-14(19)12(2)11-17-15(20)21-16(3,4)5;1-5-9(13)7-6-8-12-10(14)15-11(2,3)4;;/h12H,1,7-11H2,2-5H3,(H,17,20);1,6-8H2,2-4H3,(H,12,14);;/q2*-1;;. The normalized spacial score (nSPS) is 11.0. The number of hydrogen-bond acceptors (Lipinski definition) is 7. The zero-order valence-electron chi connectivity index (χ0n) is 24.2. The van der Waals surface area contributed by atoms with Gasteiger partial charge >= 0.3 is 12.2 Å². The van der Waals surface area contributed by atoms with Gasteiger partial charge in [-0.3, -0.25) is 18.0 Å². The Morgan fingerprint density at radius 3 is 1.53 bits per heavy atom. The van der Waals surface area contributed by atoms with Crippen molar-refractivity contribution in [3.8, 4) is 0 Å². The first-order valence-electron chi connectivity index (χ1n) is 12.1. The first-order chi connectivity index (χ1) is 16.5. The summed E-state index contributed by atoms with van der Waals surface area (Å²) < 4.78 is 10.1. The molecule has 38 heavy (non-hydrogen) atoms. The third kappa shape index (κ3) is 31.5. The van der Waals surface area contributed by atoms with E-state index in [4.69, 9.17) is 9.47 Å². The maximum atomic E-state index is 11.8. The third-order valence-electron chi connectivity index (χ3n) is 4.22. The number of hydrogen-bond donors (Lipinski definition) is 2. The van der Waals surface area contributed by atoms with Gasteiger partial charge < -0.3 is 41.8 Å². The zero-order valence-corrected chi connectivity index (χ0v) is 29.8. The number of carbonyl (C=O) groups is 5. The molecular weight excluding hydrogens is 642 g/mol. The number of rotatable bonds is 14. The molecule has 9 nitrogen and oxygen atoms in total. The Balaban J connectivity index is -0.000000303. The van der Waals surface area contributed by atoms with E-state index in [1.54, 1.807) is 48.5 Å². The van der Waals surface area contributed by atoms with Crippen molar-refractivity contribution in [1.82, 2.24) is 10.6 Å². The molecule has 0 aliphatic heterocycles. The van der Waals surface area contributed by atoms with Gasteiger partial charge in [-0.15, -0.1) is 0 Å². The van der Waals surface area contributed by atoms with Gasteiger partial charge in [0.2, 0.25) is 0 Å². The molecule has 1 atom stereocenters. The van der Waals surface area contributed by atoms with Crippen LogP contribution in [0.15, 0.2) is 13.2 Å². The predicted octanol–water partition coefficient (Wildman–Crippen LogP) is 4.68. The maximum absolute atomic E-state index is 11.8. The minimum absolute atomic E-state index is 0. The molecule has 0 saturated carbocycles. The molecule has 0 aromatic heterocycles. The topological polar surface area (TPSA) is 128 Å². The van der Waals surface area contributed by atoms with E-state index in [0.29, 0.717) is 45.1 Å². The molecule has 1 unspecified atom stereocenters. The van der Waals surface area contributed by atoms with E-state index in [9.17, 15) is 24.0 Å². The average molecular weight is 686 g/mol. The first kappa shape index (κ1) is 44.3. The maximum Gasteiger partial charge on any atom is 0.407 e. The summed E-state index contributed by atoms with van der Waals surface area (Å²) in [7, 11) is 0. The number of ketones is 3. The minimum Gasteiger partial charge on any atom is -0.444 e. The molecule has 0 aromatic carbocycles. The second-order valence-corrected chi connectivity index (χ2v) is 10.2. The number of unbranched alkanes of at least 4 members (excludes halogenated alkanes) is 1. The average Bonchev–Trinajstić information content (AvgIpc) is 2.75. The van der Waals surface area contributed by atoms with Gasteiger partial charge in [0, 0.05) is 90.8 Å². The summed E-state index contributed by atoms with van der Waals surface area (Å²) in [6.07, 6.45) is 6.58. The fourth-order valence-corrected chi connectivity index (χ4v) is 2.43. The SMILES string of the molecule is C=[C-]C(=O)CCCCC(=O)C(C)CNC(=O)OC(C)(C)C.C=[C-]C(=O)CCCNC(=O)OC(C)(C)C.[Y].[Y]. The number of allylic oxidation sites excluding steroid dienone is 2. The molecule has 0 bridgehead atoms. The van der Waals surface area contributed by atoms with Crippen molar-refractivity contribution in [2.45, 2.75) is 98.2 Å².